The van der Waals surface area contributed by atoms with Crippen molar-refractivity contribution >= 4 is 31.8 Å². The van der Waals surface area contributed by atoms with Crippen molar-refractivity contribution in [1.82, 2.24) is 13.6 Å². The maximum atomic E-state index is 12.8. The summed E-state index contributed by atoms with van der Waals surface area (Å²) < 4.78 is 29.4. The number of benzene rings is 1. The molecule has 3 rings (SSSR count). The van der Waals surface area contributed by atoms with Crippen LogP contribution in [0, 0.1) is 11.3 Å². The predicted octanol–water partition coefficient (Wildman–Crippen LogP) is 2.52. The summed E-state index contributed by atoms with van der Waals surface area (Å²) in [5.74, 6) is 0. The summed E-state index contributed by atoms with van der Waals surface area (Å²) in [6, 6.07) is 9.63. The van der Waals surface area contributed by atoms with E-state index in [4.69, 9.17) is 5.26 Å². The highest BCUT2D eigenvalue weighted by Crippen LogP contribution is 2.38. The minimum Gasteiger partial charge on any atom is -0.239 e. The Morgan fingerprint density at radius 3 is 3.00 bits per heavy atom. The summed E-state index contributed by atoms with van der Waals surface area (Å²) in [6.45, 7) is 0.710. The van der Waals surface area contributed by atoms with Crippen molar-refractivity contribution in [2.24, 2.45) is 0 Å². The van der Waals surface area contributed by atoms with Gasteiger partial charge in [-0.15, -0.1) is 11.3 Å². The lowest BCUT2D eigenvalue weighted by atomic mass is 10.2. The van der Waals surface area contributed by atoms with Gasteiger partial charge in [-0.2, -0.15) is 22.3 Å². The van der Waals surface area contributed by atoms with E-state index in [9.17, 15) is 8.42 Å². The lowest BCUT2D eigenvalue weighted by molar-refractivity contribution is 0.349. The zero-order chi connectivity index (χ0) is 16.4. The number of rotatable bonds is 5. The average Bonchev–Trinajstić information content (AvgIpc) is 3.18. The fourth-order valence-corrected chi connectivity index (χ4v) is 5.55. The second-order valence-electron chi connectivity index (χ2n) is 5.53. The zero-order valence-electron chi connectivity index (χ0n) is 12.8. The van der Waals surface area contributed by atoms with Gasteiger partial charge in [-0.3, -0.25) is 0 Å². The van der Waals surface area contributed by atoms with E-state index >= 15 is 0 Å². The van der Waals surface area contributed by atoms with Gasteiger partial charge >= 0.3 is 0 Å². The molecule has 23 heavy (non-hydrogen) atoms. The number of hydrogen-bond acceptors (Lipinski definition) is 5. The van der Waals surface area contributed by atoms with Crippen LogP contribution in [0.15, 0.2) is 24.3 Å². The fourth-order valence-electron chi connectivity index (χ4n) is 2.80. The van der Waals surface area contributed by atoms with Gasteiger partial charge in [0.1, 0.15) is 5.01 Å². The van der Waals surface area contributed by atoms with Crippen molar-refractivity contribution in [1.29, 1.82) is 5.26 Å². The van der Waals surface area contributed by atoms with E-state index < -0.39 is 10.2 Å². The molecule has 0 N–H and O–H groups in total. The van der Waals surface area contributed by atoms with E-state index in [-0.39, 0.29) is 19.0 Å². The van der Waals surface area contributed by atoms with E-state index in [1.54, 1.807) is 11.3 Å². The summed E-state index contributed by atoms with van der Waals surface area (Å²) in [5, 5.41) is 9.51. The molecule has 1 saturated heterocycles. The van der Waals surface area contributed by atoms with Gasteiger partial charge in [-0.25, -0.2) is 4.98 Å². The highest BCUT2D eigenvalue weighted by molar-refractivity contribution is 7.86. The first-order chi connectivity index (χ1) is 11.0. The number of nitriles is 1. The van der Waals surface area contributed by atoms with Crippen LogP contribution in [0.2, 0.25) is 0 Å². The molecular formula is C15H18N4O2S2. The first kappa shape index (κ1) is 16.3. The largest absolute Gasteiger partial charge is 0.282 e. The van der Waals surface area contributed by atoms with Gasteiger partial charge in [-0.1, -0.05) is 12.1 Å². The maximum Gasteiger partial charge on any atom is 0.282 e. The van der Waals surface area contributed by atoms with Gasteiger partial charge in [0.2, 0.25) is 0 Å². The van der Waals surface area contributed by atoms with Crippen LogP contribution in [-0.4, -0.2) is 42.1 Å². The van der Waals surface area contributed by atoms with Crippen LogP contribution in [-0.2, 0) is 10.2 Å². The molecule has 2 aromatic rings. The Labute approximate surface area is 140 Å². The van der Waals surface area contributed by atoms with Crippen LogP contribution in [0.5, 0.6) is 0 Å². The maximum absolute atomic E-state index is 12.8. The molecule has 1 aliphatic rings. The van der Waals surface area contributed by atoms with Gasteiger partial charge < -0.3 is 0 Å². The molecule has 122 valence electrons. The molecule has 0 amide bonds. The van der Waals surface area contributed by atoms with E-state index in [2.05, 4.69) is 4.98 Å². The molecule has 1 aromatic carbocycles. The molecule has 0 bridgehead atoms. The van der Waals surface area contributed by atoms with Crippen molar-refractivity contribution in [3.8, 4) is 6.07 Å². The highest BCUT2D eigenvalue weighted by Gasteiger charge is 2.38. The number of aromatic nitrogens is 1. The third-order valence-electron chi connectivity index (χ3n) is 4.03. The molecule has 1 fully saturated rings. The lowest BCUT2D eigenvalue weighted by Crippen LogP contribution is -2.41. The Balaban J connectivity index is 1.89. The van der Waals surface area contributed by atoms with Crippen molar-refractivity contribution in [3.05, 3.63) is 29.3 Å². The molecule has 1 atom stereocenters. The molecule has 0 aliphatic carbocycles. The third-order valence-corrected chi connectivity index (χ3v) is 7.17. The highest BCUT2D eigenvalue weighted by atomic mass is 32.2. The van der Waals surface area contributed by atoms with Crippen LogP contribution >= 0.6 is 11.3 Å². The summed E-state index contributed by atoms with van der Waals surface area (Å²) in [4.78, 5) is 4.62. The Morgan fingerprint density at radius 2 is 2.26 bits per heavy atom. The first-order valence-electron chi connectivity index (χ1n) is 7.49. The number of fused-ring (bicyclic) bond motifs is 1. The Bertz CT molecular complexity index is 808. The molecule has 1 unspecified atom stereocenters. The number of para-hydroxylation sites is 1. The van der Waals surface area contributed by atoms with Gasteiger partial charge in [0.05, 0.1) is 22.3 Å². The minimum atomic E-state index is -3.56. The number of nitrogens with zero attached hydrogens (tertiary/aromatic N) is 4. The van der Waals surface area contributed by atoms with E-state index in [1.807, 2.05) is 30.3 Å². The quantitative estimate of drug-likeness (QED) is 0.830. The summed E-state index contributed by atoms with van der Waals surface area (Å²) in [6.07, 6.45) is 1.80. The molecular weight excluding hydrogens is 332 g/mol. The van der Waals surface area contributed by atoms with Crippen molar-refractivity contribution < 1.29 is 8.42 Å². The van der Waals surface area contributed by atoms with Gasteiger partial charge in [-0.05, 0) is 25.0 Å². The molecule has 6 nitrogen and oxygen atoms in total. The third kappa shape index (κ3) is 3.10. The summed E-state index contributed by atoms with van der Waals surface area (Å²) in [5.41, 5.74) is 0.912. The normalized spacial score (nSPS) is 19.4. The van der Waals surface area contributed by atoms with Crippen molar-refractivity contribution in [2.45, 2.75) is 25.3 Å². The first-order valence-corrected chi connectivity index (χ1v) is 9.71. The number of thiazole rings is 1. The second-order valence-corrected chi connectivity index (χ2v) is 8.58. The van der Waals surface area contributed by atoms with E-state index in [0.717, 1.165) is 28.1 Å². The van der Waals surface area contributed by atoms with Crippen LogP contribution in [0.4, 0.5) is 0 Å². The van der Waals surface area contributed by atoms with Crippen LogP contribution in [0.3, 0.4) is 0 Å². The van der Waals surface area contributed by atoms with Crippen molar-refractivity contribution in [2.75, 3.05) is 20.1 Å². The molecule has 0 saturated carbocycles. The average molecular weight is 350 g/mol. The van der Waals surface area contributed by atoms with Crippen LogP contribution in [0.1, 0.15) is 30.3 Å². The fraction of sp³-hybridized carbons (Fsp3) is 0.467. The van der Waals surface area contributed by atoms with E-state index in [0.29, 0.717) is 6.54 Å². The molecule has 2 heterocycles. The Morgan fingerprint density at radius 1 is 1.48 bits per heavy atom. The van der Waals surface area contributed by atoms with Gasteiger partial charge in [0, 0.05) is 26.6 Å². The van der Waals surface area contributed by atoms with Crippen molar-refractivity contribution in [3.63, 3.8) is 0 Å². The topological polar surface area (TPSA) is 77.3 Å². The van der Waals surface area contributed by atoms with E-state index in [1.165, 1.54) is 15.7 Å². The summed E-state index contributed by atoms with van der Waals surface area (Å²) >= 11 is 1.56. The summed E-state index contributed by atoms with van der Waals surface area (Å²) in [7, 11) is -2.04. The smallest absolute Gasteiger partial charge is 0.239 e. The molecule has 8 heteroatoms. The SMILES string of the molecule is CN(CCC#N)S(=O)(=O)N1CCCC1c1nc2ccccc2s1. The van der Waals surface area contributed by atoms with Crippen LogP contribution < -0.4 is 0 Å². The molecule has 0 spiro atoms. The second kappa shape index (κ2) is 6.53. The molecule has 1 aromatic heterocycles. The lowest BCUT2D eigenvalue weighted by Gasteiger charge is -2.27. The Hall–Kier alpha value is -1.53. The zero-order valence-corrected chi connectivity index (χ0v) is 14.5. The van der Waals surface area contributed by atoms with Crippen LogP contribution in [0.25, 0.3) is 10.2 Å². The molecule has 1 aliphatic heterocycles. The number of hydrogen-bond donors (Lipinski definition) is 0. The predicted molar refractivity (Wildman–Crippen MR) is 90.1 cm³/mol. The minimum absolute atomic E-state index is 0.190. The van der Waals surface area contributed by atoms with Gasteiger partial charge in [0.15, 0.2) is 0 Å². The molecule has 0 radical (unpaired) electrons. The Kier molecular flexibility index (Phi) is 4.64. The van der Waals surface area contributed by atoms with Gasteiger partial charge in [0.25, 0.3) is 10.2 Å². The monoisotopic (exact) mass is 350 g/mol. The standard InChI is InChI=1S/C15H18N4O2S2/c1-18(10-5-9-16)23(20,21)19-11-4-7-13(19)15-17-12-6-2-3-8-14(12)22-15/h2-3,6,8,13H,4-5,7,10-11H2,1H3.